The summed E-state index contributed by atoms with van der Waals surface area (Å²) in [6.07, 6.45) is 1.06. The Balaban J connectivity index is 2.43. The standard InChI is InChI=1S/C16H25NO2/c1-4-17(12-14(3)16(18)19)11-10-13(2)15-8-6-5-7-9-15/h5-9,13-14H,4,10-12H2,1-3H3,(H,18,19). The zero-order chi connectivity index (χ0) is 14.3. The lowest BCUT2D eigenvalue weighted by Gasteiger charge is -2.24. The Hall–Kier alpha value is -1.35. The molecule has 0 saturated carbocycles. The molecule has 1 rings (SSSR count). The lowest BCUT2D eigenvalue weighted by Crippen LogP contribution is -2.33. The van der Waals surface area contributed by atoms with Crippen LogP contribution in [0.15, 0.2) is 30.3 Å². The van der Waals surface area contributed by atoms with E-state index in [0.717, 1.165) is 19.5 Å². The van der Waals surface area contributed by atoms with Crippen molar-refractivity contribution in [3.05, 3.63) is 35.9 Å². The summed E-state index contributed by atoms with van der Waals surface area (Å²) in [7, 11) is 0. The van der Waals surface area contributed by atoms with Crippen molar-refractivity contribution in [1.29, 1.82) is 0 Å². The largest absolute Gasteiger partial charge is 0.481 e. The van der Waals surface area contributed by atoms with Crippen molar-refractivity contribution in [1.82, 2.24) is 4.90 Å². The maximum atomic E-state index is 10.9. The lowest BCUT2D eigenvalue weighted by atomic mass is 9.97. The van der Waals surface area contributed by atoms with E-state index >= 15 is 0 Å². The van der Waals surface area contributed by atoms with Crippen LogP contribution in [0.3, 0.4) is 0 Å². The SMILES string of the molecule is CCN(CCC(C)c1ccccc1)CC(C)C(=O)O. The number of carbonyl (C=O) groups is 1. The Morgan fingerprint density at radius 3 is 2.42 bits per heavy atom. The molecule has 3 nitrogen and oxygen atoms in total. The fraction of sp³-hybridized carbons (Fsp3) is 0.562. The van der Waals surface area contributed by atoms with Crippen LogP contribution in [0.2, 0.25) is 0 Å². The highest BCUT2D eigenvalue weighted by Gasteiger charge is 2.15. The summed E-state index contributed by atoms with van der Waals surface area (Å²) in [6.45, 7) is 8.56. The second-order valence-corrected chi connectivity index (χ2v) is 5.23. The Kier molecular flexibility index (Phi) is 6.57. The smallest absolute Gasteiger partial charge is 0.307 e. The van der Waals surface area contributed by atoms with Gasteiger partial charge in [0.05, 0.1) is 5.92 Å². The summed E-state index contributed by atoms with van der Waals surface area (Å²) in [5, 5.41) is 8.96. The van der Waals surface area contributed by atoms with Gasteiger partial charge < -0.3 is 10.0 Å². The average molecular weight is 263 g/mol. The molecule has 19 heavy (non-hydrogen) atoms. The Morgan fingerprint density at radius 2 is 1.89 bits per heavy atom. The molecule has 106 valence electrons. The third-order valence-corrected chi connectivity index (χ3v) is 3.65. The van der Waals surface area contributed by atoms with Gasteiger partial charge in [-0.1, -0.05) is 51.1 Å². The molecular formula is C16H25NO2. The molecule has 0 aliphatic carbocycles. The second kappa shape index (κ2) is 7.95. The molecule has 1 N–H and O–H groups in total. The minimum atomic E-state index is -0.713. The van der Waals surface area contributed by atoms with Gasteiger partial charge in [-0.3, -0.25) is 4.79 Å². The van der Waals surface area contributed by atoms with E-state index in [-0.39, 0.29) is 5.92 Å². The zero-order valence-electron chi connectivity index (χ0n) is 12.2. The number of hydrogen-bond donors (Lipinski definition) is 1. The minimum absolute atomic E-state index is 0.299. The predicted octanol–water partition coefficient (Wildman–Crippen LogP) is 3.22. The van der Waals surface area contributed by atoms with Crippen LogP contribution in [-0.2, 0) is 4.79 Å². The molecule has 0 saturated heterocycles. The van der Waals surface area contributed by atoms with Gasteiger partial charge in [0.15, 0.2) is 0 Å². The third kappa shape index (κ3) is 5.43. The molecule has 0 heterocycles. The normalized spacial score (nSPS) is 14.3. The number of carboxylic acid groups (broad SMARTS) is 1. The first-order valence-electron chi connectivity index (χ1n) is 7.04. The summed E-state index contributed by atoms with van der Waals surface area (Å²) in [4.78, 5) is 13.1. The van der Waals surface area contributed by atoms with Crippen molar-refractivity contribution >= 4 is 5.97 Å². The molecule has 0 aliphatic rings. The maximum absolute atomic E-state index is 10.9. The Morgan fingerprint density at radius 1 is 1.26 bits per heavy atom. The van der Waals surface area contributed by atoms with Gasteiger partial charge in [0.2, 0.25) is 0 Å². The molecule has 2 atom stereocenters. The van der Waals surface area contributed by atoms with E-state index in [2.05, 4.69) is 43.0 Å². The van der Waals surface area contributed by atoms with Crippen LogP contribution in [-0.4, -0.2) is 35.6 Å². The van der Waals surface area contributed by atoms with Crippen LogP contribution >= 0.6 is 0 Å². The van der Waals surface area contributed by atoms with E-state index < -0.39 is 5.97 Å². The predicted molar refractivity (Wildman–Crippen MR) is 78.4 cm³/mol. The van der Waals surface area contributed by atoms with Crippen molar-refractivity contribution in [3.8, 4) is 0 Å². The molecule has 0 fully saturated rings. The number of aliphatic carboxylic acids is 1. The molecule has 1 aromatic carbocycles. The first-order chi connectivity index (χ1) is 9.04. The van der Waals surface area contributed by atoms with E-state index in [0.29, 0.717) is 12.5 Å². The Labute approximate surface area is 116 Å². The monoisotopic (exact) mass is 263 g/mol. The van der Waals surface area contributed by atoms with Gasteiger partial charge >= 0.3 is 5.97 Å². The van der Waals surface area contributed by atoms with Crippen LogP contribution < -0.4 is 0 Å². The van der Waals surface area contributed by atoms with Crippen molar-refractivity contribution < 1.29 is 9.90 Å². The second-order valence-electron chi connectivity index (χ2n) is 5.23. The lowest BCUT2D eigenvalue weighted by molar-refractivity contribution is -0.141. The molecular weight excluding hydrogens is 238 g/mol. The van der Waals surface area contributed by atoms with E-state index in [9.17, 15) is 4.79 Å². The highest BCUT2D eigenvalue weighted by Crippen LogP contribution is 2.19. The molecule has 1 aromatic rings. The number of benzene rings is 1. The van der Waals surface area contributed by atoms with Crippen molar-refractivity contribution in [3.63, 3.8) is 0 Å². The highest BCUT2D eigenvalue weighted by atomic mass is 16.4. The number of rotatable bonds is 8. The summed E-state index contributed by atoms with van der Waals surface area (Å²) in [6, 6.07) is 10.5. The van der Waals surface area contributed by atoms with Gasteiger partial charge in [0, 0.05) is 6.54 Å². The molecule has 3 heteroatoms. The topological polar surface area (TPSA) is 40.5 Å². The van der Waals surface area contributed by atoms with Crippen LogP contribution in [0.25, 0.3) is 0 Å². The molecule has 0 bridgehead atoms. The van der Waals surface area contributed by atoms with E-state index in [1.807, 2.05) is 6.07 Å². The highest BCUT2D eigenvalue weighted by molar-refractivity contribution is 5.69. The first-order valence-corrected chi connectivity index (χ1v) is 7.04. The van der Waals surface area contributed by atoms with Crippen molar-refractivity contribution in [2.75, 3.05) is 19.6 Å². The van der Waals surface area contributed by atoms with E-state index in [1.54, 1.807) is 6.92 Å². The number of hydrogen-bond acceptors (Lipinski definition) is 2. The molecule has 0 radical (unpaired) electrons. The third-order valence-electron chi connectivity index (χ3n) is 3.65. The summed E-state index contributed by atoms with van der Waals surface area (Å²) in [5.74, 6) is -0.503. The van der Waals surface area contributed by atoms with Crippen molar-refractivity contribution in [2.45, 2.75) is 33.1 Å². The minimum Gasteiger partial charge on any atom is -0.481 e. The molecule has 0 spiro atoms. The zero-order valence-corrected chi connectivity index (χ0v) is 12.2. The molecule has 0 aliphatic heterocycles. The fourth-order valence-corrected chi connectivity index (χ4v) is 2.17. The first kappa shape index (κ1) is 15.7. The van der Waals surface area contributed by atoms with E-state index in [4.69, 9.17) is 5.11 Å². The Bertz CT molecular complexity index is 378. The summed E-state index contributed by atoms with van der Waals surface area (Å²) >= 11 is 0. The summed E-state index contributed by atoms with van der Waals surface area (Å²) in [5.41, 5.74) is 1.35. The van der Waals surface area contributed by atoms with Gasteiger partial charge in [-0.15, -0.1) is 0 Å². The number of carboxylic acids is 1. The van der Waals surface area contributed by atoms with Crippen LogP contribution in [0, 0.1) is 5.92 Å². The fourth-order valence-electron chi connectivity index (χ4n) is 2.17. The van der Waals surface area contributed by atoms with Gasteiger partial charge in [-0.2, -0.15) is 0 Å². The van der Waals surface area contributed by atoms with Gasteiger partial charge in [-0.25, -0.2) is 0 Å². The molecule has 0 aromatic heterocycles. The van der Waals surface area contributed by atoms with E-state index in [1.165, 1.54) is 5.56 Å². The maximum Gasteiger partial charge on any atom is 0.307 e. The van der Waals surface area contributed by atoms with Gasteiger partial charge in [0.1, 0.15) is 0 Å². The molecule has 2 unspecified atom stereocenters. The quantitative estimate of drug-likeness (QED) is 0.783. The average Bonchev–Trinajstić information content (AvgIpc) is 2.43. The van der Waals surface area contributed by atoms with Crippen molar-refractivity contribution in [2.24, 2.45) is 5.92 Å². The summed E-state index contributed by atoms with van der Waals surface area (Å²) < 4.78 is 0. The van der Waals surface area contributed by atoms with Gasteiger partial charge in [-0.05, 0) is 31.0 Å². The molecule has 0 amide bonds. The van der Waals surface area contributed by atoms with Crippen LogP contribution in [0.4, 0.5) is 0 Å². The number of nitrogens with zero attached hydrogens (tertiary/aromatic N) is 1. The van der Waals surface area contributed by atoms with Crippen LogP contribution in [0.1, 0.15) is 38.7 Å². The van der Waals surface area contributed by atoms with Crippen LogP contribution in [0.5, 0.6) is 0 Å². The van der Waals surface area contributed by atoms with Gasteiger partial charge in [0.25, 0.3) is 0 Å².